The maximum absolute atomic E-state index is 13.3. The van der Waals surface area contributed by atoms with Crippen LogP contribution < -0.4 is 16.0 Å². The smallest absolute Gasteiger partial charge is 0.248 e. The van der Waals surface area contributed by atoms with Crippen LogP contribution >= 0.6 is 0 Å². The van der Waals surface area contributed by atoms with Crippen molar-refractivity contribution in [2.45, 2.75) is 96.0 Å². The van der Waals surface area contributed by atoms with E-state index >= 15 is 0 Å². The molecule has 1 saturated heterocycles. The van der Waals surface area contributed by atoms with Gasteiger partial charge in [0.05, 0.1) is 11.9 Å². The monoisotopic (exact) mass is 554 g/mol. The van der Waals surface area contributed by atoms with Crippen LogP contribution in [0.2, 0.25) is 0 Å². The highest BCUT2D eigenvalue weighted by Crippen LogP contribution is 2.33. The third-order valence-corrected chi connectivity index (χ3v) is 7.04. The van der Waals surface area contributed by atoms with Gasteiger partial charge in [-0.05, 0) is 66.0 Å². The lowest BCUT2D eigenvalue weighted by Crippen LogP contribution is -2.59. The molecular weight excluding hydrogens is 512 g/mol. The SMILES string of the molecule is CCC[C@@H](NC(=O)C(C)(C)N(C=O)OC(C)(C)C)C(=O)Nc1cn(C(C=O)(c2ccccc2)C2CCCN2)cn1. The zero-order valence-corrected chi connectivity index (χ0v) is 24.3. The Balaban J connectivity index is 1.82. The summed E-state index contributed by atoms with van der Waals surface area (Å²) >= 11 is 0. The van der Waals surface area contributed by atoms with Gasteiger partial charge in [-0.15, -0.1) is 0 Å². The van der Waals surface area contributed by atoms with Crippen LogP contribution in [0.5, 0.6) is 0 Å². The number of amides is 3. The van der Waals surface area contributed by atoms with E-state index in [9.17, 15) is 19.2 Å². The Morgan fingerprint density at radius 3 is 2.45 bits per heavy atom. The summed E-state index contributed by atoms with van der Waals surface area (Å²) in [4.78, 5) is 61.1. The van der Waals surface area contributed by atoms with Crippen molar-refractivity contribution in [3.8, 4) is 0 Å². The van der Waals surface area contributed by atoms with Crippen molar-refractivity contribution >= 4 is 30.3 Å². The summed E-state index contributed by atoms with van der Waals surface area (Å²) in [5, 5.41) is 9.96. The van der Waals surface area contributed by atoms with Gasteiger partial charge in [-0.3, -0.25) is 19.2 Å². The van der Waals surface area contributed by atoms with E-state index in [2.05, 4.69) is 20.9 Å². The molecule has 11 nitrogen and oxygen atoms in total. The molecule has 3 rings (SSSR count). The van der Waals surface area contributed by atoms with Gasteiger partial charge in [-0.1, -0.05) is 43.7 Å². The van der Waals surface area contributed by atoms with E-state index in [1.807, 2.05) is 37.3 Å². The molecule has 1 aliphatic heterocycles. The van der Waals surface area contributed by atoms with Crippen molar-refractivity contribution in [2.75, 3.05) is 11.9 Å². The number of carbonyl (C=O) groups excluding carboxylic acids is 4. The molecule has 1 aromatic carbocycles. The van der Waals surface area contributed by atoms with Gasteiger partial charge < -0.3 is 25.3 Å². The topological polar surface area (TPSA) is 135 Å². The first-order valence-corrected chi connectivity index (χ1v) is 13.7. The molecule has 0 spiro atoms. The Morgan fingerprint density at radius 1 is 1.20 bits per heavy atom. The van der Waals surface area contributed by atoms with Crippen LogP contribution in [0.4, 0.5) is 5.82 Å². The molecule has 0 radical (unpaired) electrons. The molecule has 11 heteroatoms. The molecule has 2 heterocycles. The first kappa shape index (κ1) is 31.0. The summed E-state index contributed by atoms with van der Waals surface area (Å²) in [6.45, 7) is 11.1. The second-order valence-corrected chi connectivity index (χ2v) is 11.6. The molecule has 3 amide bonds. The van der Waals surface area contributed by atoms with Crippen LogP contribution in [0, 0.1) is 0 Å². The van der Waals surface area contributed by atoms with Gasteiger partial charge in [0, 0.05) is 12.2 Å². The molecule has 0 saturated carbocycles. The zero-order valence-electron chi connectivity index (χ0n) is 24.3. The van der Waals surface area contributed by atoms with Crippen molar-refractivity contribution < 1.29 is 24.0 Å². The van der Waals surface area contributed by atoms with E-state index in [0.717, 1.165) is 36.3 Å². The first-order valence-electron chi connectivity index (χ1n) is 13.7. The van der Waals surface area contributed by atoms with Gasteiger partial charge in [-0.25, -0.2) is 10.0 Å². The lowest BCUT2D eigenvalue weighted by Gasteiger charge is -2.37. The van der Waals surface area contributed by atoms with E-state index < -0.39 is 34.5 Å². The molecule has 1 fully saturated rings. The van der Waals surface area contributed by atoms with Crippen LogP contribution in [0.15, 0.2) is 42.9 Å². The fraction of sp³-hybridized carbons (Fsp3) is 0.552. The highest BCUT2D eigenvalue weighted by Gasteiger charge is 2.44. The normalized spacial score (nSPS) is 17.9. The van der Waals surface area contributed by atoms with E-state index in [0.29, 0.717) is 19.3 Å². The fourth-order valence-corrected chi connectivity index (χ4v) is 4.86. The van der Waals surface area contributed by atoms with Crippen LogP contribution in [0.25, 0.3) is 0 Å². The number of hydrogen-bond acceptors (Lipinski definition) is 7. The molecule has 218 valence electrons. The quantitative estimate of drug-likeness (QED) is 0.256. The number of carbonyl (C=O) groups is 4. The molecule has 2 aromatic rings. The molecule has 40 heavy (non-hydrogen) atoms. The maximum atomic E-state index is 13.3. The number of hydroxylamine groups is 2. The van der Waals surface area contributed by atoms with E-state index in [4.69, 9.17) is 4.84 Å². The van der Waals surface area contributed by atoms with Crippen LogP contribution in [0.1, 0.15) is 72.8 Å². The lowest BCUT2D eigenvalue weighted by atomic mass is 9.82. The Labute approximate surface area is 236 Å². The largest absolute Gasteiger partial charge is 0.342 e. The van der Waals surface area contributed by atoms with Gasteiger partial charge in [0.1, 0.15) is 17.1 Å². The predicted molar refractivity (Wildman–Crippen MR) is 151 cm³/mol. The Hall–Kier alpha value is -3.57. The molecule has 3 atom stereocenters. The molecular formula is C29H42N6O5. The van der Waals surface area contributed by atoms with Crippen molar-refractivity contribution in [3.63, 3.8) is 0 Å². The zero-order chi connectivity index (χ0) is 29.6. The molecule has 1 aromatic heterocycles. The standard InChI is InChI=1S/C29H42N6O5/c1-7-12-22(32-26(39)28(5,6)35(20-37)40-27(2,3)4)25(38)33-24-17-34(19-31-24)29(18-36,23-15-11-16-30-23)21-13-9-8-10-14-21/h8-10,13-14,17-20,22-23,30H,7,11-12,15-16H2,1-6H3,(H,32,39)(H,33,38)/t22-,23?,29?/m1/s1. The molecule has 3 N–H and O–H groups in total. The fourth-order valence-electron chi connectivity index (χ4n) is 4.86. The number of aromatic nitrogens is 2. The Morgan fingerprint density at radius 2 is 1.90 bits per heavy atom. The van der Waals surface area contributed by atoms with Crippen molar-refractivity contribution in [1.29, 1.82) is 0 Å². The first-order chi connectivity index (χ1) is 18.9. The van der Waals surface area contributed by atoms with Gasteiger partial charge in [0.15, 0.2) is 12.1 Å². The third kappa shape index (κ3) is 6.76. The second-order valence-electron chi connectivity index (χ2n) is 11.6. The minimum Gasteiger partial charge on any atom is -0.342 e. The minimum atomic E-state index is -1.38. The summed E-state index contributed by atoms with van der Waals surface area (Å²) in [5.41, 5.74) is -2.31. The van der Waals surface area contributed by atoms with Crippen LogP contribution in [-0.2, 0) is 29.6 Å². The number of rotatable bonds is 13. The van der Waals surface area contributed by atoms with Crippen LogP contribution in [-0.4, -0.2) is 68.9 Å². The maximum Gasteiger partial charge on any atom is 0.248 e. The van der Waals surface area contributed by atoms with E-state index in [-0.39, 0.29) is 11.9 Å². The summed E-state index contributed by atoms with van der Waals surface area (Å²) in [7, 11) is 0. The van der Waals surface area contributed by atoms with Crippen molar-refractivity contribution in [3.05, 3.63) is 48.4 Å². The Bertz CT molecular complexity index is 1170. The predicted octanol–water partition coefficient (Wildman–Crippen LogP) is 2.77. The number of anilines is 1. The van der Waals surface area contributed by atoms with E-state index in [1.165, 1.54) is 0 Å². The number of benzene rings is 1. The molecule has 2 unspecified atom stereocenters. The van der Waals surface area contributed by atoms with Gasteiger partial charge in [0.25, 0.3) is 0 Å². The lowest BCUT2D eigenvalue weighted by molar-refractivity contribution is -0.247. The van der Waals surface area contributed by atoms with Gasteiger partial charge in [-0.2, -0.15) is 0 Å². The molecule has 0 bridgehead atoms. The minimum absolute atomic E-state index is 0.143. The number of nitrogens with one attached hydrogen (secondary N) is 3. The summed E-state index contributed by atoms with van der Waals surface area (Å²) in [6, 6.07) is 8.47. The van der Waals surface area contributed by atoms with Crippen molar-refractivity contribution in [1.82, 2.24) is 25.2 Å². The summed E-state index contributed by atoms with van der Waals surface area (Å²) in [6.07, 6.45) is 7.31. The number of imidazole rings is 1. The third-order valence-electron chi connectivity index (χ3n) is 7.04. The number of aldehydes is 1. The van der Waals surface area contributed by atoms with Crippen molar-refractivity contribution in [2.24, 2.45) is 0 Å². The Kier molecular flexibility index (Phi) is 9.86. The van der Waals surface area contributed by atoms with Crippen LogP contribution in [0.3, 0.4) is 0 Å². The molecule has 1 aliphatic rings. The van der Waals surface area contributed by atoms with E-state index in [1.54, 1.807) is 51.7 Å². The average molecular weight is 555 g/mol. The van der Waals surface area contributed by atoms with Gasteiger partial charge in [0.2, 0.25) is 18.2 Å². The molecule has 0 aliphatic carbocycles. The average Bonchev–Trinajstić information content (AvgIpc) is 3.61. The second kappa shape index (κ2) is 12.7. The number of nitrogens with zero attached hydrogens (tertiary/aromatic N) is 3. The highest BCUT2D eigenvalue weighted by molar-refractivity contribution is 5.98. The summed E-state index contributed by atoms with van der Waals surface area (Å²) in [5.74, 6) is -0.745. The summed E-state index contributed by atoms with van der Waals surface area (Å²) < 4.78 is 1.73. The highest BCUT2D eigenvalue weighted by atomic mass is 16.7. The number of hydrogen-bond donors (Lipinski definition) is 3. The van der Waals surface area contributed by atoms with Gasteiger partial charge >= 0.3 is 0 Å².